The fourth-order valence-electron chi connectivity index (χ4n) is 1.57. The van der Waals surface area contributed by atoms with Crippen LogP contribution in [0.3, 0.4) is 0 Å². The summed E-state index contributed by atoms with van der Waals surface area (Å²) in [6.07, 6.45) is 0. The van der Waals surface area contributed by atoms with Crippen LogP contribution >= 0.6 is 11.3 Å². The fraction of sp³-hybridized carbons (Fsp3) is 0.0833. The lowest BCUT2D eigenvalue weighted by atomic mass is 10.1. The second kappa shape index (κ2) is 5.61. The van der Waals surface area contributed by atoms with Crippen LogP contribution in [0, 0.1) is 18.3 Å². The molecular weight excluding hydrogens is 312 g/mol. The number of anilines is 1. The number of rotatable bonds is 3. The lowest BCUT2D eigenvalue weighted by Gasteiger charge is -2.01. The quantitative estimate of drug-likeness (QED) is 0.878. The highest BCUT2D eigenvalue weighted by Gasteiger charge is 2.19. The number of hydrogen-bond donors (Lipinski definition) is 2. The minimum absolute atomic E-state index is 0.0855. The molecule has 0 saturated heterocycles. The van der Waals surface area contributed by atoms with Crippen LogP contribution in [0.1, 0.15) is 21.6 Å². The molecule has 0 aliphatic rings. The highest BCUT2D eigenvalue weighted by molar-refractivity contribution is 7.91. The van der Waals surface area contributed by atoms with Crippen LogP contribution < -0.4 is 10.5 Å². The topological polar surface area (TPSA) is 126 Å². The van der Waals surface area contributed by atoms with Gasteiger partial charge in [0.25, 0.3) is 5.91 Å². The van der Waals surface area contributed by atoms with Crippen molar-refractivity contribution in [3.05, 3.63) is 41.1 Å². The fourth-order valence-corrected chi connectivity index (χ4v) is 3.42. The van der Waals surface area contributed by atoms with E-state index in [0.29, 0.717) is 11.1 Å². The molecule has 0 bridgehead atoms. The number of sulfonamides is 1. The molecule has 1 aromatic carbocycles. The predicted molar refractivity (Wildman–Crippen MR) is 77.3 cm³/mol. The third kappa shape index (κ3) is 3.43. The molecule has 3 N–H and O–H groups in total. The third-order valence-electron chi connectivity index (χ3n) is 2.51. The zero-order valence-electron chi connectivity index (χ0n) is 10.8. The number of carbonyl (C=O) groups is 1. The Morgan fingerprint density at radius 2 is 2.00 bits per heavy atom. The Morgan fingerprint density at radius 1 is 1.38 bits per heavy atom. The average Bonchev–Trinajstić information content (AvgIpc) is 2.79. The van der Waals surface area contributed by atoms with Gasteiger partial charge in [-0.15, -0.1) is 0 Å². The summed E-state index contributed by atoms with van der Waals surface area (Å²) in [6, 6.07) is 7.96. The summed E-state index contributed by atoms with van der Waals surface area (Å²) in [7, 11) is -3.85. The van der Waals surface area contributed by atoms with Gasteiger partial charge in [-0.2, -0.15) is 5.26 Å². The van der Waals surface area contributed by atoms with E-state index < -0.39 is 15.9 Å². The molecule has 108 valence electrons. The number of primary sulfonamides is 1. The standard InChI is InChI=1S/C12H10N4O3S2/c1-7-11(21(14,18)19)20-12(15-7)16-10(17)9-4-2-8(6-13)3-5-9/h2-5H,1H3,(H2,14,18,19)(H,15,16,17). The van der Waals surface area contributed by atoms with Crippen molar-refractivity contribution in [1.82, 2.24) is 4.98 Å². The Labute approximate surface area is 125 Å². The van der Waals surface area contributed by atoms with Crippen molar-refractivity contribution in [3.8, 4) is 6.07 Å². The predicted octanol–water partition coefficient (Wildman–Crippen LogP) is 1.22. The molecule has 0 saturated carbocycles. The van der Waals surface area contributed by atoms with Gasteiger partial charge < -0.3 is 0 Å². The SMILES string of the molecule is Cc1nc(NC(=O)c2ccc(C#N)cc2)sc1S(N)(=O)=O. The Morgan fingerprint density at radius 3 is 2.48 bits per heavy atom. The zero-order chi connectivity index (χ0) is 15.6. The van der Waals surface area contributed by atoms with E-state index in [-0.39, 0.29) is 15.0 Å². The van der Waals surface area contributed by atoms with Crippen LogP contribution in [-0.4, -0.2) is 19.3 Å². The molecule has 2 aromatic rings. The Balaban J connectivity index is 2.22. The van der Waals surface area contributed by atoms with E-state index in [1.165, 1.54) is 31.2 Å². The molecule has 21 heavy (non-hydrogen) atoms. The average molecular weight is 322 g/mol. The van der Waals surface area contributed by atoms with Crippen LogP contribution in [0.4, 0.5) is 5.13 Å². The van der Waals surface area contributed by atoms with Crippen molar-refractivity contribution in [2.75, 3.05) is 5.32 Å². The van der Waals surface area contributed by atoms with Crippen LogP contribution in [0.25, 0.3) is 0 Å². The van der Waals surface area contributed by atoms with Gasteiger partial charge >= 0.3 is 0 Å². The number of aryl methyl sites for hydroxylation is 1. The zero-order valence-corrected chi connectivity index (χ0v) is 12.5. The van der Waals surface area contributed by atoms with Gasteiger partial charge in [-0.05, 0) is 31.2 Å². The van der Waals surface area contributed by atoms with Crippen molar-refractivity contribution in [3.63, 3.8) is 0 Å². The molecule has 1 amide bonds. The minimum Gasteiger partial charge on any atom is -0.298 e. The number of hydrogen-bond acceptors (Lipinski definition) is 6. The van der Waals surface area contributed by atoms with Crippen molar-refractivity contribution in [1.29, 1.82) is 5.26 Å². The van der Waals surface area contributed by atoms with Crippen molar-refractivity contribution in [2.24, 2.45) is 5.14 Å². The molecule has 1 aromatic heterocycles. The number of nitriles is 1. The molecular formula is C12H10N4O3S2. The van der Waals surface area contributed by atoms with Gasteiger partial charge in [0.15, 0.2) is 9.34 Å². The molecule has 0 unspecified atom stereocenters. The number of thiazole rings is 1. The summed E-state index contributed by atoms with van der Waals surface area (Å²) < 4.78 is 22.5. The van der Waals surface area contributed by atoms with Gasteiger partial charge in [-0.3, -0.25) is 10.1 Å². The number of nitrogens with one attached hydrogen (secondary N) is 1. The van der Waals surface area contributed by atoms with Crippen LogP contribution in [0.5, 0.6) is 0 Å². The first-order valence-electron chi connectivity index (χ1n) is 5.63. The minimum atomic E-state index is -3.85. The molecule has 0 radical (unpaired) electrons. The van der Waals surface area contributed by atoms with Gasteiger partial charge in [0, 0.05) is 5.56 Å². The number of nitrogens with zero attached hydrogens (tertiary/aromatic N) is 2. The number of amides is 1. The maximum atomic E-state index is 12.0. The van der Waals surface area contributed by atoms with Gasteiger partial charge in [0.1, 0.15) is 0 Å². The van der Waals surface area contributed by atoms with Gasteiger partial charge in [-0.25, -0.2) is 18.5 Å². The van der Waals surface area contributed by atoms with Crippen LogP contribution in [0.2, 0.25) is 0 Å². The van der Waals surface area contributed by atoms with Crippen molar-refractivity contribution < 1.29 is 13.2 Å². The van der Waals surface area contributed by atoms with E-state index in [1.54, 1.807) is 0 Å². The second-order valence-corrected chi connectivity index (χ2v) is 6.84. The first kappa shape index (κ1) is 15.1. The van der Waals surface area contributed by atoms with E-state index in [4.69, 9.17) is 10.4 Å². The third-order valence-corrected chi connectivity index (χ3v) is 5.14. The summed E-state index contributed by atoms with van der Waals surface area (Å²) in [6.45, 7) is 1.49. The number of nitrogens with two attached hydrogens (primary N) is 1. The van der Waals surface area contributed by atoms with Crippen molar-refractivity contribution in [2.45, 2.75) is 11.1 Å². The van der Waals surface area contributed by atoms with Gasteiger partial charge in [-0.1, -0.05) is 11.3 Å². The Hall–Kier alpha value is -2.28. The summed E-state index contributed by atoms with van der Waals surface area (Å²) in [5.74, 6) is -0.450. The Bertz CT molecular complexity index is 832. The molecule has 0 spiro atoms. The monoisotopic (exact) mass is 322 g/mol. The van der Waals surface area contributed by atoms with E-state index in [9.17, 15) is 13.2 Å². The number of aromatic nitrogens is 1. The van der Waals surface area contributed by atoms with E-state index in [0.717, 1.165) is 11.3 Å². The molecule has 2 rings (SSSR count). The summed E-state index contributed by atoms with van der Waals surface area (Å²) in [5.41, 5.74) is 1.00. The molecule has 7 nitrogen and oxygen atoms in total. The number of carbonyl (C=O) groups excluding carboxylic acids is 1. The lowest BCUT2D eigenvalue weighted by molar-refractivity contribution is 0.102. The Kier molecular flexibility index (Phi) is 4.04. The highest BCUT2D eigenvalue weighted by Crippen LogP contribution is 2.26. The van der Waals surface area contributed by atoms with E-state index >= 15 is 0 Å². The summed E-state index contributed by atoms with van der Waals surface area (Å²) >= 11 is 0.789. The second-order valence-electron chi connectivity index (χ2n) is 4.08. The smallest absolute Gasteiger partial charge is 0.257 e. The van der Waals surface area contributed by atoms with Crippen LogP contribution in [0.15, 0.2) is 28.5 Å². The maximum absolute atomic E-state index is 12.0. The molecule has 0 aliphatic carbocycles. The number of benzene rings is 1. The molecule has 0 fully saturated rings. The van der Waals surface area contributed by atoms with Gasteiger partial charge in [0.2, 0.25) is 10.0 Å². The molecule has 9 heteroatoms. The van der Waals surface area contributed by atoms with E-state index in [1.807, 2.05) is 6.07 Å². The molecule has 1 heterocycles. The molecule has 0 atom stereocenters. The van der Waals surface area contributed by atoms with Crippen molar-refractivity contribution >= 4 is 32.4 Å². The van der Waals surface area contributed by atoms with Gasteiger partial charge in [0.05, 0.1) is 17.3 Å². The van der Waals surface area contributed by atoms with Crippen LogP contribution in [-0.2, 0) is 10.0 Å². The highest BCUT2D eigenvalue weighted by atomic mass is 32.2. The largest absolute Gasteiger partial charge is 0.298 e. The first-order valence-corrected chi connectivity index (χ1v) is 7.99. The lowest BCUT2D eigenvalue weighted by Crippen LogP contribution is -2.11. The molecule has 0 aliphatic heterocycles. The maximum Gasteiger partial charge on any atom is 0.257 e. The first-order chi connectivity index (χ1) is 9.81. The van der Waals surface area contributed by atoms with E-state index in [2.05, 4.69) is 10.3 Å². The summed E-state index contributed by atoms with van der Waals surface area (Å²) in [5, 5.41) is 16.4. The normalized spacial score (nSPS) is 10.9. The summed E-state index contributed by atoms with van der Waals surface area (Å²) in [4.78, 5) is 15.9.